The van der Waals surface area contributed by atoms with Gasteiger partial charge in [0.25, 0.3) is 5.91 Å². The molecule has 132 valence electrons. The second-order valence-electron chi connectivity index (χ2n) is 5.15. The molecule has 0 atom stereocenters. The van der Waals surface area contributed by atoms with Gasteiger partial charge in [-0.2, -0.15) is 0 Å². The number of nitrogens with zero attached hydrogens (tertiary/aromatic N) is 1. The minimum absolute atomic E-state index is 0.110. The van der Waals surface area contributed by atoms with Crippen LogP contribution in [0.4, 0.5) is 5.69 Å². The molecule has 25 heavy (non-hydrogen) atoms. The maximum atomic E-state index is 12.5. The summed E-state index contributed by atoms with van der Waals surface area (Å²) in [6.45, 7) is 3.48. The van der Waals surface area contributed by atoms with Gasteiger partial charge in [-0.05, 0) is 31.5 Å². The van der Waals surface area contributed by atoms with Gasteiger partial charge in [-0.25, -0.2) is 9.59 Å². The molecule has 1 aromatic carbocycles. The summed E-state index contributed by atoms with van der Waals surface area (Å²) >= 11 is 0. The number of hydrogen-bond acceptors (Lipinski definition) is 7. The summed E-state index contributed by atoms with van der Waals surface area (Å²) in [7, 11) is 2.44. The fourth-order valence-corrected chi connectivity index (χ4v) is 2.32. The summed E-state index contributed by atoms with van der Waals surface area (Å²) in [5.41, 5.74) is 1.31. The predicted octanol–water partition coefficient (Wildman–Crippen LogP) is 2.37. The molecule has 0 radical (unpaired) electrons. The third-order valence-electron chi connectivity index (χ3n) is 3.53. The Kier molecular flexibility index (Phi) is 5.53. The van der Waals surface area contributed by atoms with Crippen LogP contribution in [-0.4, -0.2) is 37.2 Å². The van der Waals surface area contributed by atoms with E-state index in [2.05, 4.69) is 19.9 Å². The van der Waals surface area contributed by atoms with Crippen LogP contribution >= 0.6 is 0 Å². The third-order valence-corrected chi connectivity index (χ3v) is 3.53. The molecular formula is C17H18N2O6. The van der Waals surface area contributed by atoms with Crippen molar-refractivity contribution in [2.24, 2.45) is 0 Å². The first-order chi connectivity index (χ1) is 11.9. The lowest BCUT2D eigenvalue weighted by Crippen LogP contribution is -2.16. The van der Waals surface area contributed by atoms with E-state index in [1.807, 2.05) is 6.92 Å². The normalized spacial score (nSPS) is 10.2. The fourth-order valence-electron chi connectivity index (χ4n) is 2.32. The molecule has 0 aliphatic carbocycles. The van der Waals surface area contributed by atoms with Gasteiger partial charge >= 0.3 is 11.9 Å². The Morgan fingerprint density at radius 2 is 1.64 bits per heavy atom. The van der Waals surface area contributed by atoms with Crippen LogP contribution in [0.25, 0.3) is 0 Å². The van der Waals surface area contributed by atoms with Gasteiger partial charge in [0.1, 0.15) is 11.3 Å². The number of methoxy groups -OCH3 is 2. The van der Waals surface area contributed by atoms with Gasteiger partial charge in [-0.1, -0.05) is 12.1 Å². The number of hydrogen-bond donors (Lipinski definition) is 1. The number of ether oxygens (including phenoxy) is 2. The van der Waals surface area contributed by atoms with Crippen molar-refractivity contribution >= 4 is 23.5 Å². The Morgan fingerprint density at radius 3 is 2.12 bits per heavy atom. The molecule has 2 rings (SSSR count). The van der Waals surface area contributed by atoms with Crippen molar-refractivity contribution in [2.45, 2.75) is 20.3 Å². The highest BCUT2D eigenvalue weighted by Crippen LogP contribution is 2.20. The molecule has 8 heteroatoms. The Hall–Kier alpha value is -3.16. The average Bonchev–Trinajstić information content (AvgIpc) is 3.00. The van der Waals surface area contributed by atoms with Crippen LogP contribution in [-0.2, 0) is 15.9 Å². The van der Waals surface area contributed by atoms with Gasteiger partial charge in [0.15, 0.2) is 0 Å². The zero-order chi connectivity index (χ0) is 18.6. The Morgan fingerprint density at radius 1 is 1.08 bits per heavy atom. The number of esters is 2. The van der Waals surface area contributed by atoms with Gasteiger partial charge in [-0.15, -0.1) is 0 Å². The standard InChI is InChI=1S/C17H18N2O6/c1-5-13-14(9(2)25-19-13)15(20)18-12-7-10(16(21)23-3)6-11(8-12)17(22)24-4/h6-8H,5H2,1-4H3,(H,18,20). The Bertz CT molecular complexity index is 790. The van der Waals surface area contributed by atoms with Gasteiger partial charge < -0.3 is 19.3 Å². The maximum Gasteiger partial charge on any atom is 0.337 e. The molecule has 1 N–H and O–H groups in total. The van der Waals surface area contributed by atoms with Gasteiger partial charge in [0, 0.05) is 5.69 Å². The van der Waals surface area contributed by atoms with Gasteiger partial charge in [0.05, 0.1) is 31.0 Å². The summed E-state index contributed by atoms with van der Waals surface area (Å²) in [6, 6.07) is 4.14. The summed E-state index contributed by atoms with van der Waals surface area (Å²) in [6.07, 6.45) is 0.524. The average molecular weight is 346 g/mol. The van der Waals surface area contributed by atoms with Crippen molar-refractivity contribution in [1.82, 2.24) is 5.16 Å². The molecular weight excluding hydrogens is 328 g/mol. The molecule has 1 amide bonds. The minimum atomic E-state index is -0.642. The number of anilines is 1. The van der Waals surface area contributed by atoms with E-state index in [1.165, 1.54) is 32.4 Å². The summed E-state index contributed by atoms with van der Waals surface area (Å²) in [4.78, 5) is 36.1. The lowest BCUT2D eigenvalue weighted by Gasteiger charge is -2.09. The number of carbonyl (C=O) groups excluding carboxylic acids is 3. The van der Waals surface area contributed by atoms with Gasteiger partial charge in [0.2, 0.25) is 0 Å². The van der Waals surface area contributed by atoms with Crippen molar-refractivity contribution in [3.05, 3.63) is 46.3 Å². The molecule has 0 spiro atoms. The second kappa shape index (κ2) is 7.61. The molecule has 0 bridgehead atoms. The lowest BCUT2D eigenvalue weighted by atomic mass is 10.1. The molecule has 1 aromatic heterocycles. The van der Waals surface area contributed by atoms with Crippen molar-refractivity contribution < 1.29 is 28.4 Å². The number of amides is 1. The quantitative estimate of drug-likeness (QED) is 0.828. The molecule has 8 nitrogen and oxygen atoms in total. The first kappa shape index (κ1) is 18.2. The van der Waals surface area contributed by atoms with Gasteiger partial charge in [-0.3, -0.25) is 4.79 Å². The van der Waals surface area contributed by atoms with E-state index < -0.39 is 17.8 Å². The number of aromatic nitrogens is 1. The molecule has 0 unspecified atom stereocenters. The van der Waals surface area contributed by atoms with E-state index >= 15 is 0 Å². The number of rotatable bonds is 5. The topological polar surface area (TPSA) is 108 Å². The van der Waals surface area contributed by atoms with Crippen LogP contribution in [0, 0.1) is 6.92 Å². The van der Waals surface area contributed by atoms with Crippen LogP contribution in [0.3, 0.4) is 0 Å². The highest BCUT2D eigenvalue weighted by molar-refractivity contribution is 6.07. The molecule has 2 aromatic rings. The van der Waals surface area contributed by atoms with Crippen LogP contribution < -0.4 is 5.32 Å². The van der Waals surface area contributed by atoms with E-state index in [4.69, 9.17) is 4.52 Å². The van der Waals surface area contributed by atoms with Crippen molar-refractivity contribution in [2.75, 3.05) is 19.5 Å². The van der Waals surface area contributed by atoms with Crippen molar-refractivity contribution in [1.29, 1.82) is 0 Å². The zero-order valence-electron chi connectivity index (χ0n) is 14.3. The van der Waals surface area contributed by atoms with E-state index in [9.17, 15) is 14.4 Å². The molecule has 0 aliphatic rings. The highest BCUT2D eigenvalue weighted by atomic mass is 16.5. The van der Waals surface area contributed by atoms with Crippen LogP contribution in [0.2, 0.25) is 0 Å². The molecule has 0 aliphatic heterocycles. The maximum absolute atomic E-state index is 12.5. The third kappa shape index (κ3) is 3.85. The summed E-state index contributed by atoms with van der Waals surface area (Å²) in [5, 5.41) is 6.48. The van der Waals surface area contributed by atoms with E-state index in [-0.39, 0.29) is 16.8 Å². The Balaban J connectivity index is 2.40. The van der Waals surface area contributed by atoms with E-state index in [1.54, 1.807) is 6.92 Å². The predicted molar refractivity (Wildman–Crippen MR) is 87.7 cm³/mol. The van der Waals surface area contributed by atoms with E-state index in [0.717, 1.165) is 0 Å². The molecule has 1 heterocycles. The number of carbonyl (C=O) groups is 3. The SMILES string of the molecule is CCc1noc(C)c1C(=O)Nc1cc(C(=O)OC)cc(C(=O)OC)c1. The smallest absolute Gasteiger partial charge is 0.337 e. The number of benzene rings is 1. The molecule has 0 fully saturated rings. The first-order valence-electron chi connectivity index (χ1n) is 7.49. The lowest BCUT2D eigenvalue weighted by molar-refractivity contribution is 0.0599. The zero-order valence-corrected chi connectivity index (χ0v) is 14.3. The molecule has 0 saturated carbocycles. The van der Waals surface area contributed by atoms with Crippen LogP contribution in [0.15, 0.2) is 22.7 Å². The summed E-state index contributed by atoms with van der Waals surface area (Å²) in [5.74, 6) is -1.35. The summed E-state index contributed by atoms with van der Waals surface area (Å²) < 4.78 is 14.4. The van der Waals surface area contributed by atoms with Crippen molar-refractivity contribution in [3.8, 4) is 0 Å². The van der Waals surface area contributed by atoms with E-state index in [0.29, 0.717) is 23.4 Å². The fraction of sp³-hybridized carbons (Fsp3) is 0.294. The minimum Gasteiger partial charge on any atom is -0.465 e. The highest BCUT2D eigenvalue weighted by Gasteiger charge is 2.21. The number of nitrogens with one attached hydrogen (secondary N) is 1. The second-order valence-corrected chi connectivity index (χ2v) is 5.15. The number of aryl methyl sites for hydroxylation is 2. The molecule has 0 saturated heterocycles. The Labute approximate surface area is 144 Å². The first-order valence-corrected chi connectivity index (χ1v) is 7.49. The van der Waals surface area contributed by atoms with Crippen LogP contribution in [0.5, 0.6) is 0 Å². The van der Waals surface area contributed by atoms with Crippen molar-refractivity contribution in [3.63, 3.8) is 0 Å². The largest absolute Gasteiger partial charge is 0.465 e. The van der Waals surface area contributed by atoms with Crippen LogP contribution in [0.1, 0.15) is 49.5 Å². The monoisotopic (exact) mass is 346 g/mol.